The Balaban J connectivity index is 2.21. The van der Waals surface area contributed by atoms with Crippen molar-refractivity contribution in [2.24, 2.45) is 5.41 Å². The highest BCUT2D eigenvalue weighted by molar-refractivity contribution is 5.46. The molecule has 0 saturated carbocycles. The molecular formula is C15H21F3N2. The molecule has 1 aliphatic heterocycles. The Kier molecular flexibility index (Phi) is 4.00. The lowest BCUT2D eigenvalue weighted by atomic mass is 9.84. The molecule has 1 saturated heterocycles. The highest BCUT2D eigenvalue weighted by Crippen LogP contribution is 2.35. The molecule has 1 aliphatic rings. The van der Waals surface area contributed by atoms with E-state index in [1.165, 1.54) is 6.07 Å². The normalized spacial score (nSPS) is 20.1. The van der Waals surface area contributed by atoms with E-state index in [4.69, 9.17) is 5.73 Å². The predicted molar refractivity (Wildman–Crippen MR) is 74.1 cm³/mol. The minimum absolute atomic E-state index is 0.153. The molecule has 5 heteroatoms. The molecule has 1 fully saturated rings. The van der Waals surface area contributed by atoms with Gasteiger partial charge in [-0.3, -0.25) is 4.90 Å². The molecule has 0 unspecified atom stereocenters. The average molecular weight is 286 g/mol. The maximum absolute atomic E-state index is 13.1. The molecule has 0 aromatic heterocycles. The van der Waals surface area contributed by atoms with Crippen LogP contribution in [0, 0.1) is 5.41 Å². The molecule has 1 aromatic carbocycles. The molecule has 2 rings (SSSR count). The highest BCUT2D eigenvalue weighted by Gasteiger charge is 2.34. The van der Waals surface area contributed by atoms with Crippen molar-refractivity contribution < 1.29 is 13.2 Å². The van der Waals surface area contributed by atoms with E-state index in [9.17, 15) is 13.2 Å². The van der Waals surface area contributed by atoms with Crippen LogP contribution in [0.4, 0.5) is 18.9 Å². The Morgan fingerprint density at radius 2 is 2.00 bits per heavy atom. The lowest BCUT2D eigenvalue weighted by Gasteiger charge is -2.38. The first-order valence-electron chi connectivity index (χ1n) is 6.85. The lowest BCUT2D eigenvalue weighted by molar-refractivity contribution is -0.138. The van der Waals surface area contributed by atoms with Gasteiger partial charge >= 0.3 is 6.18 Å². The molecule has 0 bridgehead atoms. The second-order valence-electron chi connectivity index (χ2n) is 6.39. The standard InChI is InChI=1S/C15H21F3N2/c1-14(2)6-3-7-20(10-14)9-11-4-5-12(19)8-13(11)15(16,17)18/h4-5,8H,3,6-7,9-10,19H2,1-2H3. The fourth-order valence-corrected chi connectivity index (χ4v) is 2.92. The Hall–Kier alpha value is -1.23. The molecule has 112 valence electrons. The molecule has 0 aliphatic carbocycles. The van der Waals surface area contributed by atoms with Gasteiger partial charge in [-0.15, -0.1) is 0 Å². The van der Waals surface area contributed by atoms with Gasteiger partial charge in [-0.05, 0) is 42.5 Å². The van der Waals surface area contributed by atoms with Crippen LogP contribution in [-0.4, -0.2) is 18.0 Å². The molecule has 0 spiro atoms. The van der Waals surface area contributed by atoms with E-state index in [-0.39, 0.29) is 11.1 Å². The van der Waals surface area contributed by atoms with Crippen LogP contribution in [0.25, 0.3) is 0 Å². The van der Waals surface area contributed by atoms with Crippen molar-refractivity contribution in [1.29, 1.82) is 0 Å². The van der Waals surface area contributed by atoms with Crippen molar-refractivity contribution in [3.05, 3.63) is 29.3 Å². The summed E-state index contributed by atoms with van der Waals surface area (Å²) >= 11 is 0. The Morgan fingerprint density at radius 3 is 2.60 bits per heavy atom. The second-order valence-corrected chi connectivity index (χ2v) is 6.39. The van der Waals surface area contributed by atoms with Crippen molar-refractivity contribution in [3.8, 4) is 0 Å². The van der Waals surface area contributed by atoms with Gasteiger partial charge in [0.05, 0.1) is 5.56 Å². The number of piperidine rings is 1. The third-order valence-electron chi connectivity index (χ3n) is 3.81. The Morgan fingerprint density at radius 1 is 1.30 bits per heavy atom. The molecule has 0 atom stereocenters. The molecule has 20 heavy (non-hydrogen) atoms. The van der Waals surface area contributed by atoms with E-state index in [1.54, 1.807) is 6.07 Å². The molecule has 2 N–H and O–H groups in total. The first kappa shape index (κ1) is 15.2. The Bertz CT molecular complexity index is 480. The maximum Gasteiger partial charge on any atom is 0.416 e. The van der Waals surface area contributed by atoms with Crippen LogP contribution in [0.5, 0.6) is 0 Å². The van der Waals surface area contributed by atoms with E-state index in [1.807, 2.05) is 0 Å². The van der Waals surface area contributed by atoms with Gasteiger partial charge in [0.15, 0.2) is 0 Å². The van der Waals surface area contributed by atoms with Crippen molar-refractivity contribution in [1.82, 2.24) is 4.90 Å². The summed E-state index contributed by atoms with van der Waals surface area (Å²) in [6.07, 6.45) is -2.20. The van der Waals surface area contributed by atoms with Gasteiger partial charge in [-0.2, -0.15) is 13.2 Å². The summed E-state index contributed by atoms with van der Waals surface area (Å²) in [5.74, 6) is 0. The predicted octanol–water partition coefficient (Wildman–Crippen LogP) is 3.91. The van der Waals surface area contributed by atoms with Crippen molar-refractivity contribution in [2.45, 2.75) is 39.4 Å². The van der Waals surface area contributed by atoms with Gasteiger partial charge in [0.25, 0.3) is 0 Å². The minimum Gasteiger partial charge on any atom is -0.399 e. The fraction of sp³-hybridized carbons (Fsp3) is 0.600. The van der Waals surface area contributed by atoms with Crippen LogP contribution in [0.1, 0.15) is 37.8 Å². The summed E-state index contributed by atoms with van der Waals surface area (Å²) in [5.41, 5.74) is 5.51. The number of hydrogen-bond acceptors (Lipinski definition) is 2. The summed E-state index contributed by atoms with van der Waals surface area (Å²) in [6, 6.07) is 4.07. The van der Waals surface area contributed by atoms with Crippen LogP contribution < -0.4 is 5.73 Å². The van der Waals surface area contributed by atoms with Crippen LogP contribution in [-0.2, 0) is 12.7 Å². The SMILES string of the molecule is CC1(C)CCCN(Cc2ccc(N)cc2C(F)(F)F)C1. The third kappa shape index (κ3) is 3.66. The first-order chi connectivity index (χ1) is 9.17. The lowest BCUT2D eigenvalue weighted by Crippen LogP contribution is -2.39. The molecule has 1 heterocycles. The smallest absolute Gasteiger partial charge is 0.399 e. The summed E-state index contributed by atoms with van der Waals surface area (Å²) in [6.45, 7) is 6.33. The number of anilines is 1. The van der Waals surface area contributed by atoms with Gasteiger partial charge in [-0.1, -0.05) is 19.9 Å². The monoisotopic (exact) mass is 286 g/mol. The topological polar surface area (TPSA) is 29.3 Å². The number of nitrogen functional groups attached to an aromatic ring is 1. The van der Waals surface area contributed by atoms with Crippen LogP contribution in [0.15, 0.2) is 18.2 Å². The number of nitrogens with zero attached hydrogens (tertiary/aromatic N) is 1. The highest BCUT2D eigenvalue weighted by atomic mass is 19.4. The average Bonchev–Trinajstić information content (AvgIpc) is 2.29. The number of rotatable bonds is 2. The molecule has 0 radical (unpaired) electrons. The van der Waals surface area contributed by atoms with Crippen LogP contribution >= 0.6 is 0 Å². The zero-order valence-electron chi connectivity index (χ0n) is 11.9. The van der Waals surface area contributed by atoms with Crippen LogP contribution in [0.2, 0.25) is 0 Å². The van der Waals surface area contributed by atoms with E-state index < -0.39 is 11.7 Å². The second kappa shape index (κ2) is 5.28. The summed E-state index contributed by atoms with van der Waals surface area (Å²) in [5, 5.41) is 0. The zero-order valence-corrected chi connectivity index (χ0v) is 11.9. The minimum atomic E-state index is -4.35. The van der Waals surface area contributed by atoms with E-state index in [2.05, 4.69) is 18.7 Å². The fourth-order valence-electron chi connectivity index (χ4n) is 2.92. The largest absolute Gasteiger partial charge is 0.416 e. The summed E-state index contributed by atoms with van der Waals surface area (Å²) in [4.78, 5) is 2.10. The quantitative estimate of drug-likeness (QED) is 0.835. The molecular weight excluding hydrogens is 265 g/mol. The van der Waals surface area contributed by atoms with Gasteiger partial charge in [0.2, 0.25) is 0 Å². The molecule has 1 aromatic rings. The zero-order chi connectivity index (χ0) is 15.0. The number of alkyl halides is 3. The summed E-state index contributed by atoms with van der Waals surface area (Å²) in [7, 11) is 0. The van der Waals surface area contributed by atoms with Gasteiger partial charge in [0.1, 0.15) is 0 Å². The van der Waals surface area contributed by atoms with Gasteiger partial charge in [-0.25, -0.2) is 0 Å². The van der Waals surface area contributed by atoms with E-state index in [0.717, 1.165) is 32.0 Å². The number of halogens is 3. The molecule has 2 nitrogen and oxygen atoms in total. The van der Waals surface area contributed by atoms with Crippen LogP contribution in [0.3, 0.4) is 0 Å². The summed E-state index contributed by atoms with van der Waals surface area (Å²) < 4.78 is 39.2. The number of likely N-dealkylation sites (tertiary alicyclic amines) is 1. The van der Waals surface area contributed by atoms with Gasteiger partial charge < -0.3 is 5.73 Å². The maximum atomic E-state index is 13.1. The third-order valence-corrected chi connectivity index (χ3v) is 3.81. The van der Waals surface area contributed by atoms with Gasteiger partial charge in [0, 0.05) is 18.8 Å². The number of hydrogen-bond donors (Lipinski definition) is 1. The molecule has 0 amide bonds. The Labute approximate surface area is 117 Å². The number of benzene rings is 1. The van der Waals surface area contributed by atoms with E-state index in [0.29, 0.717) is 12.1 Å². The van der Waals surface area contributed by atoms with Crippen molar-refractivity contribution >= 4 is 5.69 Å². The van der Waals surface area contributed by atoms with E-state index >= 15 is 0 Å². The van der Waals surface area contributed by atoms with Crippen molar-refractivity contribution in [2.75, 3.05) is 18.8 Å². The first-order valence-corrected chi connectivity index (χ1v) is 6.85. The van der Waals surface area contributed by atoms with Crippen molar-refractivity contribution in [3.63, 3.8) is 0 Å². The number of nitrogens with two attached hydrogens (primary N) is 1.